The first-order valence-corrected chi connectivity index (χ1v) is 4.44. The van der Waals surface area contributed by atoms with Crippen molar-refractivity contribution < 1.29 is 89.6 Å². The van der Waals surface area contributed by atoms with Crippen LogP contribution in [0, 0.1) is 0 Å². The van der Waals surface area contributed by atoms with E-state index in [1.165, 1.54) is 0 Å². The fraction of sp³-hybridized carbons (Fsp3) is 0. The van der Waals surface area contributed by atoms with Gasteiger partial charge in [0.05, 0.1) is 0 Å². The molecule has 0 amide bonds. The minimum absolute atomic E-state index is 0. The quantitative estimate of drug-likeness (QED) is 0.168. The van der Waals surface area contributed by atoms with E-state index >= 15 is 0 Å². The molecule has 0 radical (unpaired) electrons. The second kappa shape index (κ2) is 12.7. The smallest absolute Gasteiger partial charge is 1.00 e. The van der Waals surface area contributed by atoms with E-state index in [4.69, 9.17) is 36.8 Å². The summed E-state index contributed by atoms with van der Waals surface area (Å²) in [4.78, 5) is 21.6. The van der Waals surface area contributed by atoms with Crippen LogP contribution in [-0.4, -0.2) is 66.9 Å². The van der Waals surface area contributed by atoms with Gasteiger partial charge in [0.15, 0.2) is 34.7 Å². The molecule has 0 aliphatic rings. The van der Waals surface area contributed by atoms with Crippen LogP contribution >= 0.6 is 7.82 Å². The van der Waals surface area contributed by atoms with E-state index in [9.17, 15) is 0 Å². The van der Waals surface area contributed by atoms with Crippen molar-refractivity contribution in [3.63, 3.8) is 0 Å². The molecule has 78 valence electrons. The summed E-state index contributed by atoms with van der Waals surface area (Å²) in [5.41, 5.74) is 0. The summed E-state index contributed by atoms with van der Waals surface area (Å²) < 4.78 is 40.5. The van der Waals surface area contributed by atoms with Crippen molar-refractivity contribution in [2.24, 2.45) is 0 Å². The van der Waals surface area contributed by atoms with Gasteiger partial charge in [0.2, 0.25) is 0 Å². The predicted molar refractivity (Wildman–Crippen MR) is 49.4 cm³/mol. The van der Waals surface area contributed by atoms with Gasteiger partial charge in [0.25, 0.3) is 0 Å². The molecule has 0 spiro atoms. The van der Waals surface area contributed by atoms with Crippen molar-refractivity contribution in [1.29, 1.82) is 0 Å². The average molecular weight is 296 g/mol. The van der Waals surface area contributed by atoms with E-state index in [2.05, 4.69) is 0 Å². The SMILES string of the molecule is O=P(O)(O)O.O=S(=O)(O)O.[AlH3].[AlH3].[H-].[K+]. The zero-order valence-electron chi connectivity index (χ0n) is 6.32. The van der Waals surface area contributed by atoms with Gasteiger partial charge in [-0.25, -0.2) is 4.57 Å². The molecular formula is H12Al2KO8PS. The summed E-state index contributed by atoms with van der Waals surface area (Å²) in [6.45, 7) is 0. The molecule has 0 atom stereocenters. The third kappa shape index (κ3) is 328. The van der Waals surface area contributed by atoms with Crippen LogP contribution in [-0.2, 0) is 15.0 Å². The van der Waals surface area contributed by atoms with E-state index in [1.54, 1.807) is 0 Å². The van der Waals surface area contributed by atoms with Gasteiger partial charge < -0.3 is 16.1 Å². The van der Waals surface area contributed by atoms with Crippen LogP contribution in [0.1, 0.15) is 1.43 Å². The van der Waals surface area contributed by atoms with Gasteiger partial charge in [0, 0.05) is 0 Å². The van der Waals surface area contributed by atoms with Gasteiger partial charge in [-0.2, -0.15) is 8.42 Å². The molecule has 0 aromatic heterocycles. The standard InChI is InChI=1S/2Al.K.H3O4P.H2O4S.7H/c;;;2*1-5(2,3)4;;;;;;;/h;;;(H3,1,2,3,4);(H2,1,2,3,4);;;;;;;/q;;+1;;;;;;;;;-1. The van der Waals surface area contributed by atoms with Gasteiger partial charge in [-0.05, 0) is 0 Å². The van der Waals surface area contributed by atoms with Gasteiger partial charge in [-0.3, -0.25) is 9.11 Å². The molecule has 0 rings (SSSR count). The van der Waals surface area contributed by atoms with Crippen molar-refractivity contribution >= 4 is 52.9 Å². The first-order valence-electron chi connectivity index (χ1n) is 1.48. The molecule has 0 fully saturated rings. The maximum absolute atomic E-state index is 8.88. The molecule has 13 heavy (non-hydrogen) atoms. The third-order valence-corrected chi connectivity index (χ3v) is 0. The summed E-state index contributed by atoms with van der Waals surface area (Å²) in [6, 6.07) is 0. The van der Waals surface area contributed by atoms with Crippen molar-refractivity contribution in [1.82, 2.24) is 0 Å². The summed E-state index contributed by atoms with van der Waals surface area (Å²) in [5, 5.41) is 0. The zero-order chi connectivity index (χ0) is 9.00. The molecule has 0 aliphatic heterocycles. The van der Waals surface area contributed by atoms with Crippen LogP contribution in [0.3, 0.4) is 0 Å². The monoisotopic (exact) mass is 296 g/mol. The summed E-state index contributed by atoms with van der Waals surface area (Å²) >= 11 is 0. The molecule has 0 aromatic rings. The molecular weight excluding hydrogens is 284 g/mol. The van der Waals surface area contributed by atoms with Crippen LogP contribution < -0.4 is 51.4 Å². The van der Waals surface area contributed by atoms with Crippen LogP contribution in [0.25, 0.3) is 0 Å². The van der Waals surface area contributed by atoms with Crippen LogP contribution in [0.2, 0.25) is 0 Å². The normalized spacial score (nSPS) is 9.00. The van der Waals surface area contributed by atoms with Gasteiger partial charge >= 0.3 is 69.6 Å². The fourth-order valence-corrected chi connectivity index (χ4v) is 0. The topological polar surface area (TPSA) is 152 Å². The average Bonchev–Trinajstić information content (AvgIpc) is 1.12. The third-order valence-electron chi connectivity index (χ3n) is 0. The first kappa shape index (κ1) is 29.6. The van der Waals surface area contributed by atoms with Crippen molar-refractivity contribution in [3.8, 4) is 0 Å². The Labute approximate surface area is 140 Å². The van der Waals surface area contributed by atoms with E-state index in [0.29, 0.717) is 0 Å². The molecule has 0 heterocycles. The maximum atomic E-state index is 8.88. The molecule has 0 saturated carbocycles. The van der Waals surface area contributed by atoms with E-state index in [0.717, 1.165) is 0 Å². The Morgan fingerprint density at radius 3 is 1.00 bits per heavy atom. The molecule has 13 heteroatoms. The molecule has 0 bridgehead atoms. The second-order valence-electron chi connectivity index (χ2n) is 0.961. The van der Waals surface area contributed by atoms with E-state index in [-0.39, 0.29) is 87.5 Å². The second-order valence-corrected chi connectivity index (χ2v) is 2.88. The first-order chi connectivity index (χ1) is 4.00. The Hall–Kier alpha value is 2.68. The maximum Gasteiger partial charge on any atom is 1.00 e. The number of rotatable bonds is 0. The Morgan fingerprint density at radius 1 is 1.00 bits per heavy atom. The van der Waals surface area contributed by atoms with E-state index < -0.39 is 18.2 Å². The fourth-order valence-electron chi connectivity index (χ4n) is 0. The Bertz CT molecular complexity index is 205. The number of hydrogen-bond acceptors (Lipinski definition) is 3. The molecule has 0 unspecified atom stereocenters. The van der Waals surface area contributed by atoms with Gasteiger partial charge in [-0.15, -0.1) is 0 Å². The summed E-state index contributed by atoms with van der Waals surface area (Å²) in [6.07, 6.45) is 0. The van der Waals surface area contributed by atoms with Crippen molar-refractivity contribution in [2.45, 2.75) is 0 Å². The van der Waals surface area contributed by atoms with Crippen molar-refractivity contribution in [3.05, 3.63) is 0 Å². The minimum atomic E-state index is -4.67. The van der Waals surface area contributed by atoms with Crippen molar-refractivity contribution in [2.75, 3.05) is 0 Å². The number of hydrogen-bond donors (Lipinski definition) is 5. The summed E-state index contributed by atoms with van der Waals surface area (Å²) in [7, 11) is -9.31. The molecule has 8 nitrogen and oxygen atoms in total. The predicted octanol–water partition coefficient (Wildman–Crippen LogP) is -6.83. The van der Waals surface area contributed by atoms with Crippen LogP contribution in [0.15, 0.2) is 0 Å². The van der Waals surface area contributed by atoms with Gasteiger partial charge in [-0.1, -0.05) is 0 Å². The molecule has 0 saturated heterocycles. The molecule has 0 aliphatic carbocycles. The van der Waals surface area contributed by atoms with Crippen LogP contribution in [0.5, 0.6) is 0 Å². The minimum Gasteiger partial charge on any atom is -1.00 e. The Balaban J connectivity index is -0.0000000178. The Morgan fingerprint density at radius 2 is 1.00 bits per heavy atom. The van der Waals surface area contributed by atoms with E-state index in [1.807, 2.05) is 0 Å². The molecule has 0 aromatic carbocycles. The summed E-state index contributed by atoms with van der Waals surface area (Å²) in [5.74, 6) is 0. The molecule has 5 N–H and O–H groups in total. The largest absolute Gasteiger partial charge is 1.00 e. The van der Waals surface area contributed by atoms with Crippen LogP contribution in [0.4, 0.5) is 0 Å². The number of phosphoric acid groups is 1. The zero-order valence-corrected chi connectivity index (χ0v) is 10.2. The van der Waals surface area contributed by atoms with Gasteiger partial charge in [0.1, 0.15) is 0 Å². The Kier molecular flexibility index (Phi) is 29.1.